The summed E-state index contributed by atoms with van der Waals surface area (Å²) in [5.74, 6) is -2.60. The number of unbranched alkanes of at least 4 members (excludes halogenated alkanes) is 2. The van der Waals surface area contributed by atoms with Crippen LogP contribution in [0.2, 0.25) is 0 Å². The SMILES string of the molecule is CC/C=C\Cc1ccc(-c2ccc(-c3ccc(C4CCC(CCCCC)CC4)c(F)c3F)cc2)c(F)c1F. The predicted molar refractivity (Wildman–Crippen MR) is 149 cm³/mol. The van der Waals surface area contributed by atoms with Crippen LogP contribution < -0.4 is 0 Å². The Balaban J connectivity index is 1.48. The van der Waals surface area contributed by atoms with E-state index in [4.69, 9.17) is 0 Å². The van der Waals surface area contributed by atoms with Crippen LogP contribution in [0.15, 0.2) is 60.7 Å². The van der Waals surface area contributed by atoms with E-state index < -0.39 is 23.3 Å². The number of hydrogen-bond acceptors (Lipinski definition) is 0. The third-order valence-corrected chi connectivity index (χ3v) is 8.02. The minimum Gasteiger partial charge on any atom is -0.203 e. The third kappa shape index (κ3) is 6.39. The van der Waals surface area contributed by atoms with Crippen molar-refractivity contribution in [3.8, 4) is 22.3 Å². The fourth-order valence-electron chi connectivity index (χ4n) is 5.72. The molecule has 0 radical (unpaired) electrons. The molecule has 1 fully saturated rings. The van der Waals surface area contributed by atoms with E-state index >= 15 is 8.78 Å². The van der Waals surface area contributed by atoms with Gasteiger partial charge in [0.25, 0.3) is 0 Å². The van der Waals surface area contributed by atoms with E-state index in [0.717, 1.165) is 32.1 Å². The molecule has 1 saturated carbocycles. The topological polar surface area (TPSA) is 0 Å². The molecule has 0 atom stereocenters. The summed E-state index contributed by atoms with van der Waals surface area (Å²) in [6, 6.07) is 13.0. The highest BCUT2D eigenvalue weighted by molar-refractivity contribution is 5.71. The minimum atomic E-state index is -0.901. The summed E-state index contributed by atoms with van der Waals surface area (Å²) in [4.78, 5) is 0. The molecule has 202 valence electrons. The van der Waals surface area contributed by atoms with Gasteiger partial charge in [0.05, 0.1) is 0 Å². The van der Waals surface area contributed by atoms with Gasteiger partial charge < -0.3 is 0 Å². The van der Waals surface area contributed by atoms with Crippen LogP contribution in [0.5, 0.6) is 0 Å². The average Bonchev–Trinajstić information content (AvgIpc) is 2.94. The van der Waals surface area contributed by atoms with Crippen LogP contribution in [0, 0.1) is 29.2 Å². The number of benzene rings is 3. The largest absolute Gasteiger partial charge is 0.203 e. The summed E-state index contributed by atoms with van der Waals surface area (Å²) in [6.07, 6.45) is 13.8. The molecule has 0 N–H and O–H groups in total. The van der Waals surface area contributed by atoms with E-state index in [1.165, 1.54) is 25.7 Å². The molecule has 0 aliphatic heterocycles. The lowest BCUT2D eigenvalue weighted by molar-refractivity contribution is 0.298. The highest BCUT2D eigenvalue weighted by Gasteiger charge is 2.26. The van der Waals surface area contributed by atoms with Crippen molar-refractivity contribution in [2.24, 2.45) is 5.92 Å². The molecule has 0 amide bonds. The van der Waals surface area contributed by atoms with Crippen LogP contribution in [-0.4, -0.2) is 0 Å². The molecule has 4 heteroatoms. The van der Waals surface area contributed by atoms with Gasteiger partial charge in [-0.25, -0.2) is 17.6 Å². The molecule has 0 spiro atoms. The summed E-state index contributed by atoms with van der Waals surface area (Å²) in [7, 11) is 0. The monoisotopic (exact) mass is 522 g/mol. The van der Waals surface area contributed by atoms with E-state index in [9.17, 15) is 8.78 Å². The van der Waals surface area contributed by atoms with Crippen molar-refractivity contribution in [2.45, 2.75) is 84.0 Å². The molecule has 3 aromatic rings. The summed E-state index contributed by atoms with van der Waals surface area (Å²) in [6.45, 7) is 4.19. The van der Waals surface area contributed by atoms with Gasteiger partial charge in [0, 0.05) is 11.1 Å². The Morgan fingerprint density at radius 2 is 1.26 bits per heavy atom. The van der Waals surface area contributed by atoms with E-state index in [-0.39, 0.29) is 17.0 Å². The highest BCUT2D eigenvalue weighted by Crippen LogP contribution is 2.40. The normalized spacial score (nSPS) is 17.8. The van der Waals surface area contributed by atoms with Gasteiger partial charge in [-0.15, -0.1) is 0 Å². The Labute approximate surface area is 224 Å². The number of hydrogen-bond donors (Lipinski definition) is 0. The first-order chi connectivity index (χ1) is 18.4. The lowest BCUT2D eigenvalue weighted by Gasteiger charge is -2.29. The maximum Gasteiger partial charge on any atom is 0.166 e. The molecule has 4 rings (SSSR count). The molecule has 3 aromatic carbocycles. The molecule has 0 nitrogen and oxygen atoms in total. The molecule has 0 aromatic heterocycles. The van der Waals surface area contributed by atoms with E-state index in [1.54, 1.807) is 48.5 Å². The van der Waals surface area contributed by atoms with E-state index in [1.807, 2.05) is 19.1 Å². The fraction of sp³-hybridized carbons (Fsp3) is 0.412. The minimum absolute atomic E-state index is 0.0571. The van der Waals surface area contributed by atoms with Gasteiger partial charge in [0.2, 0.25) is 0 Å². The maximum absolute atomic E-state index is 15.2. The maximum atomic E-state index is 15.2. The zero-order valence-electron chi connectivity index (χ0n) is 22.5. The van der Waals surface area contributed by atoms with Crippen LogP contribution in [0.4, 0.5) is 17.6 Å². The number of rotatable bonds is 10. The standard InChI is InChI=1S/C34H38F4/c1-3-5-7-9-23-11-13-24(14-12-23)29-21-22-30(34(38)33(29)37)26-17-15-25(16-18-26)28-20-19-27(10-8-6-4-2)31(35)32(28)36/h6,8,15-24H,3-5,7,9-14H2,1-2H3/b8-6-. The molecular weight excluding hydrogens is 484 g/mol. The summed E-state index contributed by atoms with van der Waals surface area (Å²) in [5, 5.41) is 0. The molecule has 0 unspecified atom stereocenters. The molecule has 0 heterocycles. The van der Waals surface area contributed by atoms with Crippen LogP contribution in [0.3, 0.4) is 0 Å². The molecular formula is C34H38F4. The van der Waals surface area contributed by atoms with Crippen molar-refractivity contribution in [1.29, 1.82) is 0 Å². The van der Waals surface area contributed by atoms with E-state index in [2.05, 4.69) is 6.92 Å². The van der Waals surface area contributed by atoms with Crippen molar-refractivity contribution in [2.75, 3.05) is 0 Å². The quantitative estimate of drug-likeness (QED) is 0.141. The van der Waals surface area contributed by atoms with Crippen LogP contribution in [-0.2, 0) is 6.42 Å². The van der Waals surface area contributed by atoms with Crippen molar-refractivity contribution in [3.63, 3.8) is 0 Å². The smallest absolute Gasteiger partial charge is 0.166 e. The van der Waals surface area contributed by atoms with Crippen molar-refractivity contribution >= 4 is 0 Å². The second-order valence-electron chi connectivity index (χ2n) is 10.6. The first-order valence-electron chi connectivity index (χ1n) is 14.1. The average molecular weight is 523 g/mol. The Morgan fingerprint density at radius 1 is 0.658 bits per heavy atom. The van der Waals surface area contributed by atoms with Gasteiger partial charge in [0.1, 0.15) is 0 Å². The van der Waals surface area contributed by atoms with Crippen LogP contribution >= 0.6 is 0 Å². The van der Waals surface area contributed by atoms with Crippen molar-refractivity contribution in [3.05, 3.63) is 95.1 Å². The van der Waals surface area contributed by atoms with Gasteiger partial charge in [-0.2, -0.15) is 0 Å². The summed E-state index contributed by atoms with van der Waals surface area (Å²) < 4.78 is 59.8. The second kappa shape index (κ2) is 13.3. The highest BCUT2D eigenvalue weighted by atomic mass is 19.2. The van der Waals surface area contributed by atoms with Gasteiger partial charge in [-0.1, -0.05) is 100 Å². The van der Waals surface area contributed by atoms with Crippen molar-refractivity contribution in [1.82, 2.24) is 0 Å². The summed E-state index contributed by atoms with van der Waals surface area (Å²) in [5.41, 5.74) is 2.07. The zero-order chi connectivity index (χ0) is 27.1. The van der Waals surface area contributed by atoms with Gasteiger partial charge in [-0.3, -0.25) is 0 Å². The Bertz CT molecular complexity index is 1230. The Kier molecular flexibility index (Phi) is 9.82. The van der Waals surface area contributed by atoms with E-state index in [0.29, 0.717) is 34.6 Å². The van der Waals surface area contributed by atoms with Gasteiger partial charge >= 0.3 is 0 Å². The number of allylic oxidation sites excluding steroid dienone is 2. The first kappa shape index (κ1) is 28.1. The summed E-state index contributed by atoms with van der Waals surface area (Å²) >= 11 is 0. The molecule has 38 heavy (non-hydrogen) atoms. The third-order valence-electron chi connectivity index (χ3n) is 8.02. The second-order valence-corrected chi connectivity index (χ2v) is 10.6. The fourth-order valence-corrected chi connectivity index (χ4v) is 5.72. The Morgan fingerprint density at radius 3 is 1.87 bits per heavy atom. The lowest BCUT2D eigenvalue weighted by atomic mass is 9.76. The van der Waals surface area contributed by atoms with Crippen molar-refractivity contribution < 1.29 is 17.6 Å². The Hall–Kier alpha value is -2.88. The van der Waals surface area contributed by atoms with Crippen LogP contribution in [0.1, 0.15) is 88.7 Å². The first-order valence-corrected chi connectivity index (χ1v) is 14.1. The van der Waals surface area contributed by atoms with Gasteiger partial charge in [0.15, 0.2) is 23.3 Å². The number of halogens is 4. The zero-order valence-corrected chi connectivity index (χ0v) is 22.5. The molecule has 0 saturated heterocycles. The molecule has 1 aliphatic rings. The lowest BCUT2D eigenvalue weighted by Crippen LogP contribution is -2.15. The van der Waals surface area contributed by atoms with Gasteiger partial charge in [-0.05, 0) is 72.6 Å². The molecule has 0 bridgehead atoms. The molecule has 1 aliphatic carbocycles. The predicted octanol–water partition coefficient (Wildman–Crippen LogP) is 10.9. The van der Waals surface area contributed by atoms with Crippen LogP contribution in [0.25, 0.3) is 22.3 Å².